The zero-order valence-corrected chi connectivity index (χ0v) is 16.6. The first-order valence-electron chi connectivity index (χ1n) is 8.90. The van der Waals surface area contributed by atoms with Crippen molar-refractivity contribution in [3.05, 3.63) is 90.5 Å². The van der Waals surface area contributed by atoms with Gasteiger partial charge in [0, 0.05) is 9.79 Å². The van der Waals surface area contributed by atoms with Crippen molar-refractivity contribution in [3.63, 3.8) is 0 Å². The lowest BCUT2D eigenvalue weighted by molar-refractivity contribution is 0.409. The molecule has 134 valence electrons. The Bertz CT molecular complexity index is 733. The molecule has 0 saturated carbocycles. The summed E-state index contributed by atoms with van der Waals surface area (Å²) < 4.78 is 5.98. The normalized spacial score (nSPS) is 10.8. The SMILES string of the molecule is COc1ccccc1CCCC(Sc1ccccc1)Sc1ccccc1. The van der Waals surface area contributed by atoms with Crippen LogP contribution in [0.15, 0.2) is 94.7 Å². The summed E-state index contributed by atoms with van der Waals surface area (Å²) >= 11 is 3.92. The Balaban J connectivity index is 1.63. The van der Waals surface area contributed by atoms with E-state index in [0.29, 0.717) is 4.58 Å². The van der Waals surface area contributed by atoms with E-state index < -0.39 is 0 Å². The Morgan fingerprint density at radius 2 is 1.27 bits per heavy atom. The Morgan fingerprint density at radius 1 is 0.731 bits per heavy atom. The van der Waals surface area contributed by atoms with Crippen LogP contribution in [-0.2, 0) is 6.42 Å². The fourth-order valence-corrected chi connectivity index (χ4v) is 5.48. The molecule has 0 atom stereocenters. The molecule has 0 bridgehead atoms. The van der Waals surface area contributed by atoms with E-state index in [0.717, 1.165) is 25.0 Å². The molecule has 0 heterocycles. The van der Waals surface area contributed by atoms with E-state index in [9.17, 15) is 0 Å². The molecule has 3 heteroatoms. The highest BCUT2D eigenvalue weighted by atomic mass is 32.2. The van der Waals surface area contributed by atoms with Crippen LogP contribution in [0.4, 0.5) is 0 Å². The van der Waals surface area contributed by atoms with Gasteiger partial charge in [0.25, 0.3) is 0 Å². The zero-order valence-electron chi connectivity index (χ0n) is 15.0. The summed E-state index contributed by atoms with van der Waals surface area (Å²) in [6, 6.07) is 29.7. The van der Waals surface area contributed by atoms with Crippen LogP contribution in [0.2, 0.25) is 0 Å². The quantitative estimate of drug-likeness (QED) is 0.294. The summed E-state index contributed by atoms with van der Waals surface area (Å²) in [5, 5.41) is 0. The molecule has 1 nitrogen and oxygen atoms in total. The van der Waals surface area contributed by atoms with Gasteiger partial charge < -0.3 is 4.74 Å². The first-order valence-corrected chi connectivity index (χ1v) is 10.7. The van der Waals surface area contributed by atoms with Crippen LogP contribution < -0.4 is 4.74 Å². The van der Waals surface area contributed by atoms with Crippen LogP contribution in [0.25, 0.3) is 0 Å². The highest BCUT2D eigenvalue weighted by Crippen LogP contribution is 2.38. The molecule has 0 aliphatic rings. The van der Waals surface area contributed by atoms with E-state index in [1.807, 2.05) is 35.7 Å². The number of hydrogen-bond acceptors (Lipinski definition) is 3. The summed E-state index contributed by atoms with van der Waals surface area (Å²) in [6.07, 6.45) is 3.34. The summed E-state index contributed by atoms with van der Waals surface area (Å²) in [5.41, 5.74) is 1.29. The molecule has 3 rings (SSSR count). The average Bonchev–Trinajstić information content (AvgIpc) is 2.70. The minimum absolute atomic E-state index is 0.495. The van der Waals surface area contributed by atoms with Crippen molar-refractivity contribution in [3.8, 4) is 5.75 Å². The van der Waals surface area contributed by atoms with Crippen LogP contribution in [0.3, 0.4) is 0 Å². The molecule has 0 amide bonds. The predicted molar refractivity (Wildman–Crippen MR) is 114 cm³/mol. The van der Waals surface area contributed by atoms with Gasteiger partial charge >= 0.3 is 0 Å². The molecular formula is C23H24OS2. The molecule has 0 spiro atoms. The molecule has 0 unspecified atom stereocenters. The molecule has 0 aliphatic heterocycles. The van der Waals surface area contributed by atoms with Gasteiger partial charge in [-0.1, -0.05) is 54.6 Å². The molecule has 0 N–H and O–H groups in total. The summed E-state index contributed by atoms with van der Waals surface area (Å²) in [5.74, 6) is 0.996. The van der Waals surface area contributed by atoms with E-state index in [1.54, 1.807) is 7.11 Å². The maximum absolute atomic E-state index is 5.48. The van der Waals surface area contributed by atoms with Crippen LogP contribution in [0, 0.1) is 0 Å². The molecule has 0 fully saturated rings. The second kappa shape index (κ2) is 10.3. The van der Waals surface area contributed by atoms with Crippen LogP contribution in [-0.4, -0.2) is 11.7 Å². The van der Waals surface area contributed by atoms with E-state index in [1.165, 1.54) is 15.4 Å². The average molecular weight is 381 g/mol. The Morgan fingerprint density at radius 3 is 1.85 bits per heavy atom. The number of thioether (sulfide) groups is 2. The fraction of sp³-hybridized carbons (Fsp3) is 0.217. The number of hydrogen-bond donors (Lipinski definition) is 0. The second-order valence-corrected chi connectivity index (χ2v) is 8.85. The highest BCUT2D eigenvalue weighted by molar-refractivity contribution is 8.17. The van der Waals surface area contributed by atoms with Gasteiger partial charge in [-0.05, 0) is 55.2 Å². The Labute approximate surface area is 165 Å². The van der Waals surface area contributed by atoms with Crippen molar-refractivity contribution in [1.82, 2.24) is 0 Å². The molecule has 0 radical (unpaired) electrons. The Hall–Kier alpha value is -1.84. The molecule has 3 aromatic rings. The minimum Gasteiger partial charge on any atom is -0.496 e. The number of methoxy groups -OCH3 is 1. The van der Waals surface area contributed by atoms with Crippen molar-refractivity contribution in [1.29, 1.82) is 0 Å². The lowest BCUT2D eigenvalue weighted by Gasteiger charge is -2.17. The summed E-state index contributed by atoms with van der Waals surface area (Å²) in [6.45, 7) is 0. The van der Waals surface area contributed by atoms with Gasteiger partial charge in [-0.15, -0.1) is 23.5 Å². The zero-order chi connectivity index (χ0) is 18.0. The number of aryl methyl sites for hydroxylation is 1. The topological polar surface area (TPSA) is 9.23 Å². The van der Waals surface area contributed by atoms with Gasteiger partial charge in [0.2, 0.25) is 0 Å². The molecule has 0 aromatic heterocycles. The smallest absolute Gasteiger partial charge is 0.122 e. The third-order valence-corrected chi connectivity index (χ3v) is 6.76. The maximum atomic E-state index is 5.48. The van der Waals surface area contributed by atoms with Gasteiger partial charge in [-0.25, -0.2) is 0 Å². The fourth-order valence-electron chi connectivity index (χ4n) is 2.81. The third kappa shape index (κ3) is 5.86. The minimum atomic E-state index is 0.495. The van der Waals surface area contributed by atoms with Crippen molar-refractivity contribution in [2.24, 2.45) is 0 Å². The van der Waals surface area contributed by atoms with E-state index in [4.69, 9.17) is 4.74 Å². The monoisotopic (exact) mass is 380 g/mol. The lowest BCUT2D eigenvalue weighted by atomic mass is 10.1. The van der Waals surface area contributed by atoms with Gasteiger partial charge in [-0.3, -0.25) is 0 Å². The third-order valence-electron chi connectivity index (χ3n) is 4.10. The first kappa shape index (κ1) is 18.9. The Kier molecular flexibility index (Phi) is 7.53. The number of rotatable bonds is 9. The molecule has 0 saturated heterocycles. The largest absolute Gasteiger partial charge is 0.496 e. The predicted octanol–water partition coefficient (Wildman–Crippen LogP) is 6.93. The first-order chi connectivity index (χ1) is 12.8. The van der Waals surface area contributed by atoms with E-state index in [2.05, 4.69) is 72.8 Å². The van der Waals surface area contributed by atoms with Crippen molar-refractivity contribution in [2.45, 2.75) is 33.6 Å². The second-order valence-electron chi connectivity index (χ2n) is 6.00. The van der Waals surface area contributed by atoms with E-state index >= 15 is 0 Å². The summed E-state index contributed by atoms with van der Waals surface area (Å²) in [7, 11) is 1.75. The van der Waals surface area contributed by atoms with Crippen molar-refractivity contribution in [2.75, 3.05) is 7.11 Å². The number of ether oxygens (including phenoxy) is 1. The van der Waals surface area contributed by atoms with Gasteiger partial charge in [0.1, 0.15) is 5.75 Å². The molecule has 3 aromatic carbocycles. The van der Waals surface area contributed by atoms with Crippen LogP contribution in [0.1, 0.15) is 18.4 Å². The van der Waals surface area contributed by atoms with Crippen molar-refractivity contribution < 1.29 is 4.74 Å². The molecular weight excluding hydrogens is 356 g/mol. The summed E-state index contributed by atoms with van der Waals surface area (Å²) in [4.78, 5) is 2.66. The van der Waals surface area contributed by atoms with E-state index in [-0.39, 0.29) is 0 Å². The van der Waals surface area contributed by atoms with Crippen LogP contribution in [0.5, 0.6) is 5.75 Å². The molecule has 26 heavy (non-hydrogen) atoms. The van der Waals surface area contributed by atoms with Gasteiger partial charge in [-0.2, -0.15) is 0 Å². The van der Waals surface area contributed by atoms with Gasteiger partial charge in [0.15, 0.2) is 0 Å². The highest BCUT2D eigenvalue weighted by Gasteiger charge is 2.13. The van der Waals surface area contributed by atoms with Crippen LogP contribution >= 0.6 is 23.5 Å². The standard InChI is InChI=1S/C23H24OS2/c1-24-22-17-9-8-11-19(22)12-10-18-23(25-20-13-4-2-5-14-20)26-21-15-6-3-7-16-21/h2-9,11,13-17,23H,10,12,18H2,1H3. The number of benzene rings is 3. The number of para-hydroxylation sites is 1. The lowest BCUT2D eigenvalue weighted by Crippen LogP contribution is -2.00. The molecule has 0 aliphatic carbocycles. The van der Waals surface area contributed by atoms with Gasteiger partial charge in [0.05, 0.1) is 11.7 Å². The maximum Gasteiger partial charge on any atom is 0.122 e. The van der Waals surface area contributed by atoms with Crippen molar-refractivity contribution >= 4 is 23.5 Å².